The van der Waals surface area contributed by atoms with Gasteiger partial charge in [0.1, 0.15) is 11.6 Å². The largest absolute Gasteiger partial charge is 0.484 e. The molecule has 2 aromatic rings. The summed E-state index contributed by atoms with van der Waals surface area (Å²) in [5.74, 6) is 1.15. The minimum absolute atomic E-state index is 0.0385. The molecule has 0 bridgehead atoms. The number of H-pyrrole nitrogens is 1. The first kappa shape index (κ1) is 13.4. The van der Waals surface area contributed by atoms with Gasteiger partial charge in [0.25, 0.3) is 5.91 Å². The average molecular weight is 280 g/mol. The average Bonchev–Trinajstić information content (AvgIpc) is 2.88. The summed E-state index contributed by atoms with van der Waals surface area (Å²) in [6.07, 6.45) is 3.34. The second-order valence-corrected chi connectivity index (χ2v) is 4.45. The van der Waals surface area contributed by atoms with Gasteiger partial charge in [-0.2, -0.15) is 0 Å². The van der Waals surface area contributed by atoms with Crippen LogP contribution in [0.2, 0.25) is 5.02 Å². The molecule has 2 N–H and O–H groups in total. The molecule has 0 saturated heterocycles. The molecule has 0 radical (unpaired) electrons. The van der Waals surface area contributed by atoms with Crippen molar-refractivity contribution >= 4 is 17.5 Å². The highest BCUT2D eigenvalue weighted by atomic mass is 35.5. The van der Waals surface area contributed by atoms with Crippen LogP contribution in [0.1, 0.15) is 11.4 Å². The Morgan fingerprint density at radius 3 is 3.05 bits per heavy atom. The number of carbonyl (C=O) groups excluding carboxylic acids is 1. The van der Waals surface area contributed by atoms with Crippen molar-refractivity contribution in [1.29, 1.82) is 0 Å². The topological polar surface area (TPSA) is 67.0 Å². The summed E-state index contributed by atoms with van der Waals surface area (Å²) in [7, 11) is 0. The Morgan fingerprint density at radius 1 is 1.53 bits per heavy atom. The van der Waals surface area contributed by atoms with Gasteiger partial charge >= 0.3 is 0 Å². The van der Waals surface area contributed by atoms with Gasteiger partial charge in [-0.1, -0.05) is 11.6 Å². The number of benzene rings is 1. The summed E-state index contributed by atoms with van der Waals surface area (Å²) >= 11 is 5.84. The quantitative estimate of drug-likeness (QED) is 0.880. The van der Waals surface area contributed by atoms with Gasteiger partial charge in [0.05, 0.1) is 6.54 Å². The number of hydrogen-bond acceptors (Lipinski definition) is 3. The summed E-state index contributed by atoms with van der Waals surface area (Å²) < 4.78 is 5.42. The molecule has 19 heavy (non-hydrogen) atoms. The third kappa shape index (κ3) is 3.99. The molecule has 0 unspecified atom stereocenters. The molecule has 0 atom stereocenters. The van der Waals surface area contributed by atoms with Gasteiger partial charge in [-0.05, 0) is 30.7 Å². The maximum absolute atomic E-state index is 11.6. The maximum Gasteiger partial charge on any atom is 0.258 e. The third-order valence-electron chi connectivity index (χ3n) is 2.50. The van der Waals surface area contributed by atoms with Crippen molar-refractivity contribution in [3.63, 3.8) is 0 Å². The number of aromatic amines is 1. The Bertz CT molecular complexity index is 555. The Labute approximate surface area is 116 Å². The molecular formula is C13H14ClN3O2. The van der Waals surface area contributed by atoms with Crippen LogP contribution in [-0.4, -0.2) is 22.5 Å². The molecule has 100 valence electrons. The molecule has 1 amide bonds. The number of aromatic nitrogens is 2. The number of nitrogens with zero attached hydrogens (tertiary/aromatic N) is 1. The zero-order valence-electron chi connectivity index (χ0n) is 10.4. The fraction of sp³-hybridized carbons (Fsp3) is 0.231. The number of aryl methyl sites for hydroxylation is 1. The van der Waals surface area contributed by atoms with Crippen molar-refractivity contribution in [2.45, 2.75) is 13.5 Å². The Hall–Kier alpha value is -2.01. The molecule has 6 heteroatoms. The molecule has 2 rings (SSSR count). The Balaban J connectivity index is 1.80. The van der Waals surface area contributed by atoms with Crippen LogP contribution in [0, 0.1) is 6.92 Å². The van der Waals surface area contributed by atoms with Gasteiger partial charge < -0.3 is 15.0 Å². The van der Waals surface area contributed by atoms with E-state index >= 15 is 0 Å². The van der Waals surface area contributed by atoms with E-state index < -0.39 is 0 Å². The predicted octanol–water partition coefficient (Wildman–Crippen LogP) is 2.07. The number of hydrogen-bond donors (Lipinski definition) is 2. The predicted molar refractivity (Wildman–Crippen MR) is 72.1 cm³/mol. The van der Waals surface area contributed by atoms with Gasteiger partial charge in [-0.25, -0.2) is 4.98 Å². The molecular weight excluding hydrogens is 266 g/mol. The molecule has 1 aromatic heterocycles. The van der Waals surface area contributed by atoms with Gasteiger partial charge in [0, 0.05) is 17.4 Å². The number of carbonyl (C=O) groups is 1. The van der Waals surface area contributed by atoms with Crippen LogP contribution < -0.4 is 10.1 Å². The van der Waals surface area contributed by atoms with Gasteiger partial charge in [-0.15, -0.1) is 0 Å². The number of amides is 1. The summed E-state index contributed by atoms with van der Waals surface area (Å²) in [5.41, 5.74) is 0.895. The van der Waals surface area contributed by atoms with Crippen molar-refractivity contribution in [3.05, 3.63) is 47.0 Å². The van der Waals surface area contributed by atoms with E-state index in [0.29, 0.717) is 23.1 Å². The standard InChI is InChI=1S/C13H14ClN3O2/c1-9-6-10(14)2-3-11(9)19-8-13(18)17-7-12-15-4-5-16-12/h2-6H,7-8H2,1H3,(H,15,16)(H,17,18). The lowest BCUT2D eigenvalue weighted by molar-refractivity contribution is -0.123. The smallest absolute Gasteiger partial charge is 0.258 e. The van der Waals surface area contributed by atoms with E-state index in [-0.39, 0.29) is 12.5 Å². The van der Waals surface area contributed by atoms with Crippen molar-refractivity contribution in [2.75, 3.05) is 6.61 Å². The first-order chi connectivity index (χ1) is 9.15. The normalized spacial score (nSPS) is 10.2. The lowest BCUT2D eigenvalue weighted by atomic mass is 10.2. The number of rotatable bonds is 5. The summed E-state index contributed by atoms with van der Waals surface area (Å²) in [4.78, 5) is 18.5. The Morgan fingerprint density at radius 2 is 2.37 bits per heavy atom. The van der Waals surface area contributed by atoms with E-state index in [1.54, 1.807) is 30.6 Å². The summed E-state index contributed by atoms with van der Waals surface area (Å²) in [6.45, 7) is 2.19. The number of nitrogens with one attached hydrogen (secondary N) is 2. The molecule has 0 aliphatic heterocycles. The fourth-order valence-corrected chi connectivity index (χ4v) is 1.77. The van der Waals surface area contributed by atoms with Gasteiger partial charge in [0.2, 0.25) is 0 Å². The molecule has 1 heterocycles. The molecule has 0 spiro atoms. The first-order valence-electron chi connectivity index (χ1n) is 5.79. The second kappa shape index (κ2) is 6.24. The Kier molecular flexibility index (Phi) is 4.41. The highest BCUT2D eigenvalue weighted by molar-refractivity contribution is 6.30. The minimum atomic E-state index is -0.203. The zero-order valence-corrected chi connectivity index (χ0v) is 11.2. The van der Waals surface area contributed by atoms with Gasteiger partial charge in [0.15, 0.2) is 6.61 Å². The lowest BCUT2D eigenvalue weighted by Gasteiger charge is -2.09. The first-order valence-corrected chi connectivity index (χ1v) is 6.17. The lowest BCUT2D eigenvalue weighted by Crippen LogP contribution is -2.28. The van der Waals surface area contributed by atoms with Crippen molar-refractivity contribution < 1.29 is 9.53 Å². The van der Waals surface area contributed by atoms with Crippen LogP contribution in [0.3, 0.4) is 0 Å². The van der Waals surface area contributed by atoms with Gasteiger partial charge in [-0.3, -0.25) is 4.79 Å². The van der Waals surface area contributed by atoms with Crippen molar-refractivity contribution in [3.8, 4) is 5.75 Å². The van der Waals surface area contributed by atoms with E-state index in [2.05, 4.69) is 15.3 Å². The highest BCUT2D eigenvalue weighted by Crippen LogP contribution is 2.21. The minimum Gasteiger partial charge on any atom is -0.484 e. The van der Waals surface area contributed by atoms with Crippen LogP contribution in [0.5, 0.6) is 5.75 Å². The van der Waals surface area contributed by atoms with E-state index in [0.717, 1.165) is 5.56 Å². The van der Waals surface area contributed by atoms with Crippen LogP contribution in [0.4, 0.5) is 0 Å². The zero-order chi connectivity index (χ0) is 13.7. The van der Waals surface area contributed by atoms with E-state index in [1.807, 2.05) is 6.92 Å². The van der Waals surface area contributed by atoms with Crippen LogP contribution in [0.15, 0.2) is 30.6 Å². The number of imidazole rings is 1. The van der Waals surface area contributed by atoms with Crippen LogP contribution >= 0.6 is 11.6 Å². The number of halogens is 1. The van der Waals surface area contributed by atoms with E-state index in [9.17, 15) is 4.79 Å². The second-order valence-electron chi connectivity index (χ2n) is 4.01. The third-order valence-corrected chi connectivity index (χ3v) is 2.74. The van der Waals surface area contributed by atoms with Crippen LogP contribution in [0.25, 0.3) is 0 Å². The van der Waals surface area contributed by atoms with E-state index in [1.165, 1.54) is 0 Å². The molecule has 5 nitrogen and oxygen atoms in total. The van der Waals surface area contributed by atoms with Crippen molar-refractivity contribution in [1.82, 2.24) is 15.3 Å². The molecule has 0 saturated carbocycles. The summed E-state index contributed by atoms with van der Waals surface area (Å²) in [5, 5.41) is 3.35. The molecule has 0 aliphatic carbocycles. The molecule has 0 aliphatic rings. The van der Waals surface area contributed by atoms with Crippen molar-refractivity contribution in [2.24, 2.45) is 0 Å². The number of ether oxygens (including phenoxy) is 1. The SMILES string of the molecule is Cc1cc(Cl)ccc1OCC(=O)NCc1ncc[nH]1. The maximum atomic E-state index is 11.6. The molecule has 0 fully saturated rings. The van der Waals surface area contributed by atoms with E-state index in [4.69, 9.17) is 16.3 Å². The monoisotopic (exact) mass is 279 g/mol. The highest BCUT2D eigenvalue weighted by Gasteiger charge is 2.05. The molecule has 1 aromatic carbocycles. The fourth-order valence-electron chi connectivity index (χ4n) is 1.55. The summed E-state index contributed by atoms with van der Waals surface area (Å²) in [6, 6.07) is 5.26. The van der Waals surface area contributed by atoms with Crippen LogP contribution in [-0.2, 0) is 11.3 Å².